The summed E-state index contributed by atoms with van der Waals surface area (Å²) < 4.78 is 5.34. The predicted molar refractivity (Wildman–Crippen MR) is 119 cm³/mol. The normalized spacial score (nSPS) is 18.6. The predicted octanol–water partition coefficient (Wildman–Crippen LogP) is 4.33. The van der Waals surface area contributed by atoms with Gasteiger partial charge in [-0.25, -0.2) is 9.59 Å². The van der Waals surface area contributed by atoms with Crippen LogP contribution in [0.3, 0.4) is 0 Å². The number of rotatable bonds is 5. The Balaban J connectivity index is 1.69. The van der Waals surface area contributed by atoms with Crippen molar-refractivity contribution in [3.05, 3.63) is 80.7 Å². The van der Waals surface area contributed by atoms with Gasteiger partial charge in [0.05, 0.1) is 6.54 Å². The largest absolute Gasteiger partial charge is 0.423 e. The van der Waals surface area contributed by atoms with E-state index in [2.05, 4.69) is 12.2 Å². The van der Waals surface area contributed by atoms with Crippen molar-refractivity contribution >= 4 is 22.9 Å². The van der Waals surface area contributed by atoms with E-state index in [0.717, 1.165) is 34.9 Å². The Bertz CT molecular complexity index is 1240. The van der Waals surface area contributed by atoms with Gasteiger partial charge in [-0.15, -0.1) is 0 Å². The molecule has 3 amide bonds. The molecule has 4 rings (SSSR count). The lowest BCUT2D eigenvalue weighted by Gasteiger charge is -2.22. The summed E-state index contributed by atoms with van der Waals surface area (Å²) in [6.07, 6.45) is 2.00. The molecule has 6 nitrogen and oxygen atoms in total. The van der Waals surface area contributed by atoms with E-state index in [1.165, 1.54) is 16.5 Å². The van der Waals surface area contributed by atoms with Crippen LogP contribution in [0.15, 0.2) is 51.7 Å². The zero-order chi connectivity index (χ0) is 22.3. The van der Waals surface area contributed by atoms with Gasteiger partial charge in [-0.1, -0.05) is 37.6 Å². The van der Waals surface area contributed by atoms with Crippen molar-refractivity contribution in [3.63, 3.8) is 0 Å². The number of carbonyl (C=O) groups excluding carboxylic acids is 2. The van der Waals surface area contributed by atoms with Gasteiger partial charge in [0.2, 0.25) is 0 Å². The van der Waals surface area contributed by atoms with Crippen LogP contribution in [0.5, 0.6) is 0 Å². The van der Waals surface area contributed by atoms with Crippen molar-refractivity contribution in [3.8, 4) is 0 Å². The molecule has 1 aliphatic rings. The van der Waals surface area contributed by atoms with Gasteiger partial charge >= 0.3 is 11.7 Å². The molecule has 6 heteroatoms. The SMILES string of the molecule is CCCc1ccc([C@]2(C)NC(=O)N(Cc3cc(=O)oc4cc(C)c(C)cc34)C2=O)cc1. The number of aryl methyl sites for hydroxylation is 3. The maximum absolute atomic E-state index is 13.3. The topological polar surface area (TPSA) is 79.6 Å². The second-order valence-corrected chi connectivity index (χ2v) is 8.42. The van der Waals surface area contributed by atoms with E-state index in [1.807, 2.05) is 50.2 Å². The fourth-order valence-electron chi connectivity index (χ4n) is 4.11. The number of imide groups is 1. The first-order chi connectivity index (χ1) is 14.7. The first-order valence-corrected chi connectivity index (χ1v) is 10.5. The highest BCUT2D eigenvalue weighted by Gasteiger charge is 2.49. The van der Waals surface area contributed by atoms with Crippen LogP contribution in [-0.2, 0) is 23.3 Å². The zero-order valence-electron chi connectivity index (χ0n) is 18.2. The van der Waals surface area contributed by atoms with Crippen molar-refractivity contribution in [2.24, 2.45) is 0 Å². The third kappa shape index (κ3) is 3.63. The van der Waals surface area contributed by atoms with Crippen molar-refractivity contribution in [1.82, 2.24) is 10.2 Å². The molecule has 0 spiro atoms. The summed E-state index contributed by atoms with van der Waals surface area (Å²) in [5.41, 5.74) is 3.34. The Morgan fingerprint density at radius 3 is 2.35 bits per heavy atom. The number of nitrogens with one attached hydrogen (secondary N) is 1. The van der Waals surface area contributed by atoms with E-state index in [0.29, 0.717) is 11.1 Å². The smallest absolute Gasteiger partial charge is 0.336 e. The number of urea groups is 1. The third-order valence-electron chi connectivity index (χ3n) is 6.12. The minimum atomic E-state index is -1.15. The van der Waals surface area contributed by atoms with Crippen LogP contribution in [0, 0.1) is 13.8 Å². The number of carbonyl (C=O) groups is 2. The molecular formula is C25H26N2O4. The van der Waals surface area contributed by atoms with Crippen LogP contribution in [0.25, 0.3) is 11.0 Å². The number of amides is 3. The lowest BCUT2D eigenvalue weighted by atomic mass is 9.91. The molecule has 2 aromatic carbocycles. The summed E-state index contributed by atoms with van der Waals surface area (Å²) in [4.78, 5) is 39.4. The van der Waals surface area contributed by atoms with E-state index in [-0.39, 0.29) is 12.5 Å². The van der Waals surface area contributed by atoms with Crippen LogP contribution in [0.2, 0.25) is 0 Å². The monoisotopic (exact) mass is 418 g/mol. The average molecular weight is 418 g/mol. The highest BCUT2D eigenvalue weighted by Crippen LogP contribution is 2.31. The molecule has 31 heavy (non-hydrogen) atoms. The summed E-state index contributed by atoms with van der Waals surface area (Å²) in [6, 6.07) is 12.4. The highest BCUT2D eigenvalue weighted by atomic mass is 16.4. The van der Waals surface area contributed by atoms with E-state index in [4.69, 9.17) is 4.42 Å². The Kier molecular flexibility index (Phi) is 5.17. The number of hydrogen-bond acceptors (Lipinski definition) is 4. The molecule has 0 saturated carbocycles. The summed E-state index contributed by atoms with van der Waals surface area (Å²) in [5.74, 6) is -0.342. The van der Waals surface area contributed by atoms with Crippen LogP contribution in [0.1, 0.15) is 48.1 Å². The summed E-state index contributed by atoms with van der Waals surface area (Å²) >= 11 is 0. The number of fused-ring (bicyclic) bond motifs is 1. The summed E-state index contributed by atoms with van der Waals surface area (Å²) in [6.45, 7) is 7.74. The first kappa shape index (κ1) is 20.8. The molecule has 0 radical (unpaired) electrons. The number of nitrogens with zero attached hydrogens (tertiary/aromatic N) is 1. The molecule has 1 fully saturated rings. The first-order valence-electron chi connectivity index (χ1n) is 10.5. The van der Waals surface area contributed by atoms with E-state index < -0.39 is 17.2 Å². The average Bonchev–Trinajstić information content (AvgIpc) is 2.94. The van der Waals surface area contributed by atoms with Crippen molar-refractivity contribution in [2.45, 2.75) is 52.6 Å². The zero-order valence-corrected chi connectivity index (χ0v) is 18.2. The third-order valence-corrected chi connectivity index (χ3v) is 6.12. The van der Waals surface area contributed by atoms with Gasteiger partial charge in [0.1, 0.15) is 11.1 Å². The lowest BCUT2D eigenvalue weighted by Crippen LogP contribution is -2.40. The van der Waals surface area contributed by atoms with Crippen molar-refractivity contribution < 1.29 is 14.0 Å². The number of benzene rings is 2. The minimum Gasteiger partial charge on any atom is -0.423 e. The van der Waals surface area contributed by atoms with Crippen molar-refractivity contribution in [1.29, 1.82) is 0 Å². The highest BCUT2D eigenvalue weighted by molar-refractivity contribution is 6.07. The molecule has 3 aromatic rings. The molecule has 160 valence electrons. The number of hydrogen-bond donors (Lipinski definition) is 1. The molecule has 2 heterocycles. The Morgan fingerprint density at radius 2 is 1.68 bits per heavy atom. The fraction of sp³-hybridized carbons (Fsp3) is 0.320. The second kappa shape index (κ2) is 7.69. The Hall–Kier alpha value is -3.41. The Labute approximate surface area is 180 Å². The van der Waals surface area contributed by atoms with Crippen LogP contribution >= 0.6 is 0 Å². The molecule has 0 bridgehead atoms. The van der Waals surface area contributed by atoms with Gasteiger partial charge in [0.25, 0.3) is 5.91 Å². The molecular weight excluding hydrogens is 392 g/mol. The van der Waals surface area contributed by atoms with Crippen LogP contribution in [0.4, 0.5) is 4.79 Å². The van der Waals surface area contributed by atoms with Gasteiger partial charge in [0.15, 0.2) is 0 Å². The van der Waals surface area contributed by atoms with E-state index in [9.17, 15) is 14.4 Å². The molecule has 0 unspecified atom stereocenters. The standard InChI is InChI=1S/C25H26N2O4/c1-5-6-17-7-9-19(10-8-17)25(4)23(29)27(24(30)26-25)14-18-13-22(28)31-21-12-16(3)15(2)11-20(18)21/h7-13H,5-6,14H2,1-4H3,(H,26,30)/t25-/m0/s1. The van der Waals surface area contributed by atoms with Crippen molar-refractivity contribution in [2.75, 3.05) is 0 Å². The van der Waals surface area contributed by atoms with Crippen LogP contribution < -0.4 is 10.9 Å². The maximum atomic E-state index is 13.3. The lowest BCUT2D eigenvalue weighted by molar-refractivity contribution is -0.131. The fourth-order valence-corrected chi connectivity index (χ4v) is 4.11. The molecule has 1 aromatic heterocycles. The minimum absolute atomic E-state index is 0.00121. The van der Waals surface area contributed by atoms with E-state index >= 15 is 0 Å². The molecule has 1 N–H and O–H groups in total. The van der Waals surface area contributed by atoms with Gasteiger partial charge in [-0.05, 0) is 67.1 Å². The van der Waals surface area contributed by atoms with Gasteiger partial charge < -0.3 is 9.73 Å². The molecule has 1 saturated heterocycles. The summed E-state index contributed by atoms with van der Waals surface area (Å²) in [5, 5.41) is 3.56. The van der Waals surface area contributed by atoms with E-state index in [1.54, 1.807) is 6.92 Å². The van der Waals surface area contributed by atoms with Gasteiger partial charge in [-0.2, -0.15) is 0 Å². The molecule has 1 aliphatic heterocycles. The molecule has 0 aliphatic carbocycles. The molecule has 1 atom stereocenters. The maximum Gasteiger partial charge on any atom is 0.336 e. The van der Waals surface area contributed by atoms with Crippen LogP contribution in [-0.4, -0.2) is 16.8 Å². The Morgan fingerprint density at radius 1 is 1.00 bits per heavy atom. The quantitative estimate of drug-likeness (QED) is 0.494. The van der Waals surface area contributed by atoms with Gasteiger partial charge in [0, 0.05) is 11.5 Å². The summed E-state index contributed by atoms with van der Waals surface area (Å²) in [7, 11) is 0. The van der Waals surface area contributed by atoms with Gasteiger partial charge in [-0.3, -0.25) is 9.69 Å². The second-order valence-electron chi connectivity index (χ2n) is 8.42.